The molecule has 0 atom stereocenters. The molecule has 2 rings (SSSR count). The van der Waals surface area contributed by atoms with Crippen molar-refractivity contribution in [2.75, 3.05) is 20.6 Å². The summed E-state index contributed by atoms with van der Waals surface area (Å²) in [4.78, 5) is 6.98. The van der Waals surface area contributed by atoms with Gasteiger partial charge in [0, 0.05) is 17.7 Å². The highest BCUT2D eigenvalue weighted by molar-refractivity contribution is 6.01. The number of aliphatic imine (C=N–C) groups is 1. The maximum Gasteiger partial charge on any atom is 0.0670 e. The fourth-order valence-electron chi connectivity index (χ4n) is 2.24. The number of benzene rings is 1. The fourth-order valence-corrected chi connectivity index (χ4v) is 2.24. The zero-order chi connectivity index (χ0) is 11.8. The molecule has 0 fully saturated rings. The molecule has 0 saturated carbocycles. The minimum atomic E-state index is 0.104. The number of hydrogen-bond donors (Lipinski definition) is 0. The van der Waals surface area contributed by atoms with Gasteiger partial charge in [0.15, 0.2) is 0 Å². The van der Waals surface area contributed by atoms with E-state index in [1.807, 2.05) is 0 Å². The topological polar surface area (TPSA) is 15.6 Å². The first-order valence-electron chi connectivity index (χ1n) is 5.84. The van der Waals surface area contributed by atoms with Crippen molar-refractivity contribution in [3.05, 3.63) is 29.8 Å². The predicted octanol–water partition coefficient (Wildman–Crippen LogP) is 3.00. The van der Waals surface area contributed by atoms with Gasteiger partial charge in [-0.25, -0.2) is 0 Å². The Bertz CT molecular complexity index is 416. The molecular formula is C14H20N2. The van der Waals surface area contributed by atoms with Gasteiger partial charge in [-0.15, -0.1) is 0 Å². The van der Waals surface area contributed by atoms with Crippen molar-refractivity contribution in [2.24, 2.45) is 4.99 Å². The molecule has 1 aromatic carbocycles. The van der Waals surface area contributed by atoms with Crippen LogP contribution in [0.1, 0.15) is 25.8 Å². The van der Waals surface area contributed by atoms with Crippen molar-refractivity contribution in [1.82, 2.24) is 4.90 Å². The number of hydrogen-bond acceptors (Lipinski definition) is 2. The molecule has 1 aromatic rings. The summed E-state index contributed by atoms with van der Waals surface area (Å²) in [5.74, 6) is 0. The number of rotatable bonds is 3. The van der Waals surface area contributed by atoms with Crippen LogP contribution in [0.15, 0.2) is 29.3 Å². The Labute approximate surface area is 98.0 Å². The van der Waals surface area contributed by atoms with E-state index in [0.29, 0.717) is 0 Å². The van der Waals surface area contributed by atoms with Crippen LogP contribution < -0.4 is 0 Å². The minimum absolute atomic E-state index is 0.104. The standard InChI is InChI=1S/C14H20N2/c1-14(2)11-7-5-6-8-12(11)15-13(14)9-10-16(3)4/h5-8H,9-10H2,1-4H3. The third-order valence-electron chi connectivity index (χ3n) is 3.35. The van der Waals surface area contributed by atoms with Crippen molar-refractivity contribution >= 4 is 11.4 Å². The SMILES string of the molecule is CN(C)CCC1=Nc2ccccc2C1(C)C. The summed E-state index contributed by atoms with van der Waals surface area (Å²) < 4.78 is 0. The largest absolute Gasteiger partial charge is 0.309 e. The molecule has 1 aliphatic rings. The van der Waals surface area contributed by atoms with Gasteiger partial charge in [-0.2, -0.15) is 0 Å². The van der Waals surface area contributed by atoms with Crippen molar-refractivity contribution in [1.29, 1.82) is 0 Å². The maximum atomic E-state index is 4.77. The van der Waals surface area contributed by atoms with Crippen LogP contribution in [0.2, 0.25) is 0 Å². The fraction of sp³-hybridized carbons (Fsp3) is 0.500. The van der Waals surface area contributed by atoms with Crippen LogP contribution in [0, 0.1) is 0 Å². The van der Waals surface area contributed by atoms with Gasteiger partial charge in [-0.1, -0.05) is 32.0 Å². The van der Waals surface area contributed by atoms with Gasteiger partial charge < -0.3 is 4.90 Å². The van der Waals surface area contributed by atoms with E-state index in [1.165, 1.54) is 11.3 Å². The van der Waals surface area contributed by atoms with Gasteiger partial charge in [-0.05, 0) is 32.1 Å². The van der Waals surface area contributed by atoms with E-state index >= 15 is 0 Å². The summed E-state index contributed by atoms with van der Waals surface area (Å²) >= 11 is 0. The molecule has 2 heteroatoms. The lowest BCUT2D eigenvalue weighted by atomic mass is 9.80. The maximum absolute atomic E-state index is 4.77. The second kappa shape index (κ2) is 4.02. The lowest BCUT2D eigenvalue weighted by molar-refractivity contribution is 0.418. The summed E-state index contributed by atoms with van der Waals surface area (Å²) in [6.07, 6.45) is 1.05. The van der Waals surface area contributed by atoms with Gasteiger partial charge in [0.1, 0.15) is 0 Å². The smallest absolute Gasteiger partial charge is 0.0670 e. The molecule has 0 spiro atoms. The molecule has 0 N–H and O–H groups in total. The molecule has 1 aliphatic heterocycles. The third-order valence-corrected chi connectivity index (χ3v) is 3.35. The van der Waals surface area contributed by atoms with E-state index in [9.17, 15) is 0 Å². The van der Waals surface area contributed by atoms with E-state index < -0.39 is 0 Å². The van der Waals surface area contributed by atoms with Crippen molar-refractivity contribution in [3.63, 3.8) is 0 Å². The van der Waals surface area contributed by atoms with Crippen molar-refractivity contribution < 1.29 is 0 Å². The Balaban J connectivity index is 2.25. The predicted molar refractivity (Wildman–Crippen MR) is 69.7 cm³/mol. The van der Waals surface area contributed by atoms with Crippen LogP contribution in [-0.2, 0) is 5.41 Å². The molecule has 16 heavy (non-hydrogen) atoms. The molecule has 0 radical (unpaired) electrons. The van der Waals surface area contributed by atoms with Crippen LogP contribution in [0.5, 0.6) is 0 Å². The van der Waals surface area contributed by atoms with Gasteiger partial charge in [0.25, 0.3) is 0 Å². The highest BCUT2D eigenvalue weighted by Crippen LogP contribution is 2.40. The van der Waals surface area contributed by atoms with E-state index in [4.69, 9.17) is 4.99 Å². The first kappa shape index (κ1) is 11.3. The lowest BCUT2D eigenvalue weighted by Crippen LogP contribution is -2.28. The highest BCUT2D eigenvalue weighted by atomic mass is 15.0. The van der Waals surface area contributed by atoms with Crippen LogP contribution in [0.25, 0.3) is 0 Å². The second-order valence-corrected chi connectivity index (χ2v) is 5.25. The zero-order valence-corrected chi connectivity index (χ0v) is 10.6. The molecule has 0 bridgehead atoms. The summed E-state index contributed by atoms with van der Waals surface area (Å²) in [7, 11) is 4.21. The number of nitrogens with zero attached hydrogens (tertiary/aromatic N) is 2. The van der Waals surface area contributed by atoms with E-state index in [0.717, 1.165) is 18.7 Å². The lowest BCUT2D eigenvalue weighted by Gasteiger charge is -2.23. The molecular weight excluding hydrogens is 196 g/mol. The molecule has 2 nitrogen and oxygen atoms in total. The van der Waals surface area contributed by atoms with Crippen LogP contribution in [0.3, 0.4) is 0 Å². The summed E-state index contributed by atoms with van der Waals surface area (Å²) in [5, 5.41) is 0. The van der Waals surface area contributed by atoms with Gasteiger partial charge in [0.2, 0.25) is 0 Å². The monoisotopic (exact) mass is 216 g/mol. The van der Waals surface area contributed by atoms with Gasteiger partial charge >= 0.3 is 0 Å². The van der Waals surface area contributed by atoms with Crippen LogP contribution in [0.4, 0.5) is 5.69 Å². The molecule has 0 aromatic heterocycles. The first-order chi connectivity index (χ1) is 7.51. The summed E-state index contributed by atoms with van der Waals surface area (Å²) in [6, 6.07) is 8.47. The summed E-state index contributed by atoms with van der Waals surface area (Å²) in [5.41, 5.74) is 3.93. The van der Waals surface area contributed by atoms with E-state index in [-0.39, 0.29) is 5.41 Å². The molecule has 0 saturated heterocycles. The Hall–Kier alpha value is -1.15. The van der Waals surface area contributed by atoms with Crippen molar-refractivity contribution in [3.8, 4) is 0 Å². The van der Waals surface area contributed by atoms with Gasteiger partial charge in [-0.3, -0.25) is 4.99 Å². The minimum Gasteiger partial charge on any atom is -0.309 e. The Morgan fingerprint density at radius 3 is 2.50 bits per heavy atom. The molecule has 0 unspecified atom stereocenters. The molecule has 86 valence electrons. The average molecular weight is 216 g/mol. The molecule has 1 heterocycles. The summed E-state index contributed by atoms with van der Waals surface area (Å²) in [6.45, 7) is 5.61. The second-order valence-electron chi connectivity index (χ2n) is 5.25. The number of fused-ring (bicyclic) bond motifs is 1. The van der Waals surface area contributed by atoms with Crippen molar-refractivity contribution in [2.45, 2.75) is 25.7 Å². The molecule has 0 aliphatic carbocycles. The van der Waals surface area contributed by atoms with Gasteiger partial charge in [0.05, 0.1) is 5.69 Å². The van der Waals surface area contributed by atoms with Crippen LogP contribution in [-0.4, -0.2) is 31.3 Å². The normalized spacial score (nSPS) is 17.4. The highest BCUT2D eigenvalue weighted by Gasteiger charge is 2.33. The van der Waals surface area contributed by atoms with Crippen LogP contribution >= 0.6 is 0 Å². The molecule has 0 amide bonds. The first-order valence-corrected chi connectivity index (χ1v) is 5.84. The average Bonchev–Trinajstić information content (AvgIpc) is 2.48. The zero-order valence-electron chi connectivity index (χ0n) is 10.6. The Morgan fingerprint density at radius 1 is 1.19 bits per heavy atom. The third kappa shape index (κ3) is 1.90. The quantitative estimate of drug-likeness (QED) is 0.758. The van der Waals surface area contributed by atoms with E-state index in [1.54, 1.807) is 0 Å². The Morgan fingerprint density at radius 2 is 1.88 bits per heavy atom. The Kier molecular flexibility index (Phi) is 2.85. The van der Waals surface area contributed by atoms with E-state index in [2.05, 4.69) is 57.1 Å². The number of para-hydroxylation sites is 1.